The fraction of sp³-hybridized carbons (Fsp3) is 0.133. The van der Waals surface area contributed by atoms with Crippen molar-refractivity contribution >= 4 is 22.6 Å². The van der Waals surface area contributed by atoms with Crippen LogP contribution in [0.1, 0.15) is 17.3 Å². The Morgan fingerprint density at radius 3 is 2.61 bits per heavy atom. The lowest BCUT2D eigenvalue weighted by Gasteiger charge is -2.05. The fourth-order valence-corrected chi connectivity index (χ4v) is 1.68. The highest BCUT2D eigenvalue weighted by Gasteiger charge is 2.05. The Hall–Kier alpha value is -2.38. The number of hydrogen-bond donors (Lipinski definition) is 1. The number of nitrogens with one attached hydrogen (secondary N) is 1. The smallest absolute Gasteiger partial charge is 0.251 e. The zero-order valence-corrected chi connectivity index (χ0v) is 10.1. The van der Waals surface area contributed by atoms with Crippen LogP contribution >= 0.6 is 0 Å². The summed E-state index contributed by atoms with van der Waals surface area (Å²) >= 11 is 0. The standard InChI is InChI=1S/C15H13NO2/c1-11(10-17)9-16-15(18)14-7-6-12-4-2-3-5-13(12)8-14/h2-8H,9H2,1H3,(H,16,18). The fourth-order valence-electron chi connectivity index (χ4n) is 1.68. The van der Waals surface area contributed by atoms with Crippen molar-refractivity contribution in [2.75, 3.05) is 6.54 Å². The molecule has 0 saturated carbocycles. The molecule has 2 aromatic rings. The van der Waals surface area contributed by atoms with Crippen LogP contribution in [-0.4, -0.2) is 18.4 Å². The summed E-state index contributed by atoms with van der Waals surface area (Å²) in [6.07, 6.45) is 0. The third-order valence-electron chi connectivity index (χ3n) is 2.70. The maximum absolute atomic E-state index is 11.9. The molecule has 0 fully saturated rings. The molecule has 0 spiro atoms. The molecule has 0 radical (unpaired) electrons. The summed E-state index contributed by atoms with van der Waals surface area (Å²) in [5.74, 6) is 1.57. The van der Waals surface area contributed by atoms with Crippen LogP contribution in [0.25, 0.3) is 10.8 Å². The third kappa shape index (κ3) is 2.65. The minimum absolute atomic E-state index is 0.185. The predicted octanol–water partition coefficient (Wildman–Crippen LogP) is 2.35. The van der Waals surface area contributed by atoms with Crippen molar-refractivity contribution in [2.24, 2.45) is 0 Å². The van der Waals surface area contributed by atoms with Gasteiger partial charge in [-0.1, -0.05) is 30.3 Å². The van der Waals surface area contributed by atoms with Crippen molar-refractivity contribution in [1.82, 2.24) is 5.32 Å². The summed E-state index contributed by atoms with van der Waals surface area (Å²) in [5, 5.41) is 4.79. The molecular weight excluding hydrogens is 226 g/mol. The SMILES string of the molecule is CC(=C=O)CNC(=O)c1ccc2ccccc2c1. The third-order valence-corrected chi connectivity index (χ3v) is 2.70. The average Bonchev–Trinajstić information content (AvgIpc) is 2.43. The van der Waals surface area contributed by atoms with Gasteiger partial charge in [-0.15, -0.1) is 0 Å². The van der Waals surface area contributed by atoms with Crippen molar-refractivity contribution in [3.05, 3.63) is 53.6 Å². The van der Waals surface area contributed by atoms with Gasteiger partial charge in [0.1, 0.15) is 5.94 Å². The number of amides is 1. The van der Waals surface area contributed by atoms with Gasteiger partial charge in [-0.3, -0.25) is 4.79 Å². The van der Waals surface area contributed by atoms with Gasteiger partial charge in [-0.25, -0.2) is 4.79 Å². The highest BCUT2D eigenvalue weighted by Crippen LogP contribution is 2.15. The molecule has 0 saturated heterocycles. The van der Waals surface area contributed by atoms with E-state index in [0.717, 1.165) is 10.8 Å². The minimum Gasteiger partial charge on any atom is -0.348 e. The van der Waals surface area contributed by atoms with Crippen molar-refractivity contribution in [2.45, 2.75) is 6.92 Å². The van der Waals surface area contributed by atoms with E-state index >= 15 is 0 Å². The molecule has 0 aliphatic heterocycles. The summed E-state index contributed by atoms with van der Waals surface area (Å²) in [6.45, 7) is 1.86. The first kappa shape index (κ1) is 12.1. The zero-order chi connectivity index (χ0) is 13.0. The van der Waals surface area contributed by atoms with Gasteiger partial charge >= 0.3 is 0 Å². The Kier molecular flexibility index (Phi) is 3.56. The lowest BCUT2D eigenvalue weighted by molar-refractivity contribution is 0.0957. The van der Waals surface area contributed by atoms with E-state index < -0.39 is 0 Å². The lowest BCUT2D eigenvalue weighted by atomic mass is 10.1. The van der Waals surface area contributed by atoms with Crippen LogP contribution in [0.5, 0.6) is 0 Å². The summed E-state index contributed by atoms with van der Waals surface area (Å²) in [6, 6.07) is 13.4. The van der Waals surface area contributed by atoms with Gasteiger partial charge in [0.25, 0.3) is 5.91 Å². The van der Waals surface area contributed by atoms with E-state index in [9.17, 15) is 9.59 Å². The molecule has 2 rings (SSSR count). The van der Waals surface area contributed by atoms with Crippen LogP contribution in [0.2, 0.25) is 0 Å². The molecule has 0 aromatic heterocycles. The predicted molar refractivity (Wildman–Crippen MR) is 71.2 cm³/mol. The molecule has 0 atom stereocenters. The maximum Gasteiger partial charge on any atom is 0.251 e. The molecule has 1 N–H and O–H groups in total. The van der Waals surface area contributed by atoms with Gasteiger partial charge in [-0.05, 0) is 29.8 Å². The van der Waals surface area contributed by atoms with Gasteiger partial charge in [0.05, 0.1) is 0 Å². The van der Waals surface area contributed by atoms with Crippen LogP contribution in [0.15, 0.2) is 48.0 Å². The van der Waals surface area contributed by atoms with Crippen molar-refractivity contribution < 1.29 is 9.59 Å². The molecule has 90 valence electrons. The van der Waals surface area contributed by atoms with E-state index in [4.69, 9.17) is 0 Å². The molecule has 3 nitrogen and oxygen atoms in total. The second kappa shape index (κ2) is 5.30. The normalized spacial score (nSPS) is 9.83. The molecule has 0 bridgehead atoms. The molecular formula is C15H13NO2. The topological polar surface area (TPSA) is 46.2 Å². The largest absolute Gasteiger partial charge is 0.348 e. The molecule has 18 heavy (non-hydrogen) atoms. The van der Waals surface area contributed by atoms with E-state index in [0.29, 0.717) is 11.1 Å². The molecule has 1 amide bonds. The van der Waals surface area contributed by atoms with E-state index in [1.165, 1.54) is 0 Å². The quantitative estimate of drug-likeness (QED) is 0.836. The lowest BCUT2D eigenvalue weighted by Crippen LogP contribution is -2.25. The van der Waals surface area contributed by atoms with Crippen LogP contribution in [-0.2, 0) is 4.79 Å². The van der Waals surface area contributed by atoms with Gasteiger partial charge in [0.2, 0.25) is 0 Å². The molecule has 3 heteroatoms. The highest BCUT2D eigenvalue weighted by atomic mass is 16.1. The average molecular weight is 239 g/mol. The van der Waals surface area contributed by atoms with Crippen LogP contribution in [0, 0.1) is 0 Å². The molecule has 0 unspecified atom stereocenters. The number of carbonyl (C=O) groups excluding carboxylic acids is 2. The Morgan fingerprint density at radius 2 is 1.89 bits per heavy atom. The van der Waals surface area contributed by atoms with Gasteiger partial charge in [-0.2, -0.15) is 0 Å². The Bertz CT molecular complexity index is 640. The Balaban J connectivity index is 2.20. The van der Waals surface area contributed by atoms with Crippen molar-refractivity contribution in [3.8, 4) is 0 Å². The molecule has 0 heterocycles. The van der Waals surface area contributed by atoms with Gasteiger partial charge in [0.15, 0.2) is 0 Å². The van der Waals surface area contributed by atoms with E-state index in [1.807, 2.05) is 36.4 Å². The van der Waals surface area contributed by atoms with Gasteiger partial charge < -0.3 is 5.32 Å². The Labute approximate surface area is 105 Å². The summed E-state index contributed by atoms with van der Waals surface area (Å²) in [4.78, 5) is 22.2. The van der Waals surface area contributed by atoms with Crippen LogP contribution < -0.4 is 5.32 Å². The second-order valence-electron chi connectivity index (χ2n) is 4.13. The number of carbonyl (C=O) groups is 1. The monoisotopic (exact) mass is 239 g/mol. The number of benzene rings is 2. The molecule has 0 aliphatic rings. The van der Waals surface area contributed by atoms with Gasteiger partial charge in [0, 0.05) is 17.7 Å². The summed E-state index contributed by atoms with van der Waals surface area (Å²) in [5.41, 5.74) is 1.07. The van der Waals surface area contributed by atoms with Crippen molar-refractivity contribution in [1.29, 1.82) is 0 Å². The van der Waals surface area contributed by atoms with E-state index in [1.54, 1.807) is 18.9 Å². The first-order valence-electron chi connectivity index (χ1n) is 5.68. The number of rotatable bonds is 3. The Morgan fingerprint density at radius 1 is 1.17 bits per heavy atom. The first-order valence-corrected chi connectivity index (χ1v) is 5.68. The highest BCUT2D eigenvalue weighted by molar-refractivity contribution is 5.98. The maximum atomic E-state index is 11.9. The second-order valence-corrected chi connectivity index (χ2v) is 4.13. The minimum atomic E-state index is -0.185. The van der Waals surface area contributed by atoms with Crippen LogP contribution in [0.4, 0.5) is 0 Å². The van der Waals surface area contributed by atoms with Crippen molar-refractivity contribution in [3.63, 3.8) is 0 Å². The molecule has 2 aromatic carbocycles. The van der Waals surface area contributed by atoms with E-state index in [2.05, 4.69) is 5.32 Å². The summed E-state index contributed by atoms with van der Waals surface area (Å²) in [7, 11) is 0. The molecule has 0 aliphatic carbocycles. The van der Waals surface area contributed by atoms with Crippen LogP contribution in [0.3, 0.4) is 0 Å². The number of hydrogen-bond acceptors (Lipinski definition) is 2. The first-order chi connectivity index (χ1) is 8.70. The number of fused-ring (bicyclic) bond motifs is 1. The summed E-state index contributed by atoms with van der Waals surface area (Å²) < 4.78 is 0. The zero-order valence-electron chi connectivity index (χ0n) is 10.1. The van der Waals surface area contributed by atoms with E-state index in [-0.39, 0.29) is 12.5 Å².